The Morgan fingerprint density at radius 1 is 1.16 bits per heavy atom. The largest absolute Gasteiger partial charge is 0.480 e. The average Bonchev–Trinajstić information content (AvgIpc) is 3.05. The minimum absolute atomic E-state index is 0.0293. The van der Waals surface area contributed by atoms with Gasteiger partial charge in [0.05, 0.1) is 5.56 Å². The van der Waals surface area contributed by atoms with Crippen LogP contribution in [0.3, 0.4) is 0 Å². The molecule has 1 aromatic carbocycles. The van der Waals surface area contributed by atoms with Crippen LogP contribution in [0.4, 0.5) is 0 Å². The average molecular weight is 363 g/mol. The van der Waals surface area contributed by atoms with Crippen molar-refractivity contribution in [1.82, 2.24) is 4.90 Å². The number of carboxylic acids is 1. The van der Waals surface area contributed by atoms with E-state index in [1.165, 1.54) is 4.90 Å². The number of benzene rings is 1. The number of nitrogens with zero attached hydrogens (tertiary/aromatic N) is 1. The van der Waals surface area contributed by atoms with E-state index in [-0.39, 0.29) is 23.6 Å². The number of hydrogen-bond acceptors (Lipinski definition) is 4. The number of hydrogen-bond donors (Lipinski definition) is 1. The minimum atomic E-state index is -1.02. The zero-order valence-electron chi connectivity index (χ0n) is 14.9. The standard InChI is InChI=1S/C19H25NO4S/c1-19(2,3)18(24)25-15-11-7-6-10-14(15)17(23)20(12-16(21)22)13-8-4-5-9-13/h6-7,10-11,13H,4-5,8-9,12H2,1-3H3,(H,21,22). The molecule has 0 bridgehead atoms. The quantitative estimate of drug-likeness (QED) is 0.805. The molecule has 1 aliphatic rings. The number of aliphatic carboxylic acids is 1. The van der Waals surface area contributed by atoms with Crippen LogP contribution in [0.25, 0.3) is 0 Å². The molecule has 1 aromatic rings. The molecule has 0 spiro atoms. The van der Waals surface area contributed by atoms with E-state index < -0.39 is 11.4 Å². The van der Waals surface area contributed by atoms with Crippen molar-refractivity contribution in [3.63, 3.8) is 0 Å². The molecule has 0 heterocycles. The first-order chi connectivity index (χ1) is 11.7. The number of thioether (sulfide) groups is 1. The summed E-state index contributed by atoms with van der Waals surface area (Å²) in [6.45, 7) is 5.20. The third kappa shape index (κ3) is 5.08. The zero-order chi connectivity index (χ0) is 18.6. The predicted octanol–water partition coefficient (Wildman–Crippen LogP) is 3.82. The maximum absolute atomic E-state index is 13.1. The van der Waals surface area contributed by atoms with Gasteiger partial charge in [-0.2, -0.15) is 0 Å². The third-order valence-corrected chi connectivity index (χ3v) is 5.64. The Kier molecular flexibility index (Phi) is 6.27. The molecule has 25 heavy (non-hydrogen) atoms. The molecular weight excluding hydrogens is 338 g/mol. The van der Waals surface area contributed by atoms with Gasteiger partial charge < -0.3 is 10.0 Å². The maximum atomic E-state index is 13.1. The van der Waals surface area contributed by atoms with Crippen LogP contribution in [0.1, 0.15) is 56.8 Å². The number of carbonyl (C=O) groups is 3. The number of rotatable bonds is 5. The maximum Gasteiger partial charge on any atom is 0.323 e. The summed E-state index contributed by atoms with van der Waals surface area (Å²) in [6.07, 6.45) is 3.67. The van der Waals surface area contributed by atoms with E-state index in [9.17, 15) is 19.5 Å². The lowest BCUT2D eigenvalue weighted by Gasteiger charge is -2.28. The van der Waals surface area contributed by atoms with E-state index in [1.54, 1.807) is 24.3 Å². The van der Waals surface area contributed by atoms with E-state index in [1.807, 2.05) is 20.8 Å². The Balaban J connectivity index is 2.30. The van der Waals surface area contributed by atoms with E-state index in [2.05, 4.69) is 0 Å². The van der Waals surface area contributed by atoms with Crippen LogP contribution < -0.4 is 0 Å². The highest BCUT2D eigenvalue weighted by atomic mass is 32.2. The van der Waals surface area contributed by atoms with E-state index >= 15 is 0 Å². The van der Waals surface area contributed by atoms with Crippen LogP contribution >= 0.6 is 11.8 Å². The normalized spacial score (nSPS) is 15.2. The molecule has 1 aliphatic carbocycles. The van der Waals surface area contributed by atoms with Gasteiger partial charge in [0.1, 0.15) is 6.54 Å². The summed E-state index contributed by atoms with van der Waals surface area (Å²) in [5, 5.41) is 9.18. The number of carbonyl (C=O) groups excluding carboxylic acids is 2. The van der Waals surface area contributed by atoms with Crippen molar-refractivity contribution >= 4 is 28.8 Å². The molecule has 0 unspecified atom stereocenters. The van der Waals surface area contributed by atoms with Crippen molar-refractivity contribution < 1.29 is 19.5 Å². The summed E-state index contributed by atoms with van der Waals surface area (Å²) in [4.78, 5) is 38.7. The lowest BCUT2D eigenvalue weighted by molar-refractivity contribution is -0.138. The first-order valence-electron chi connectivity index (χ1n) is 8.54. The Bertz CT molecular complexity index is 660. The minimum Gasteiger partial charge on any atom is -0.480 e. The van der Waals surface area contributed by atoms with Crippen molar-refractivity contribution in [1.29, 1.82) is 0 Å². The molecule has 0 saturated heterocycles. The molecule has 5 nitrogen and oxygen atoms in total. The number of amides is 1. The second-order valence-corrected chi connectivity index (χ2v) is 8.42. The van der Waals surface area contributed by atoms with Crippen molar-refractivity contribution in [3.8, 4) is 0 Å². The molecule has 1 N–H and O–H groups in total. The molecule has 1 fully saturated rings. The molecular formula is C19H25NO4S. The van der Waals surface area contributed by atoms with Gasteiger partial charge in [-0.05, 0) is 25.0 Å². The first-order valence-corrected chi connectivity index (χ1v) is 9.36. The second kappa shape index (κ2) is 8.04. The van der Waals surface area contributed by atoms with Gasteiger partial charge in [0.25, 0.3) is 5.91 Å². The fourth-order valence-electron chi connectivity index (χ4n) is 2.87. The summed E-state index contributed by atoms with van der Waals surface area (Å²) in [5.41, 5.74) is -0.120. The van der Waals surface area contributed by atoms with E-state index in [0.717, 1.165) is 37.4 Å². The van der Waals surface area contributed by atoms with Crippen LogP contribution in [0, 0.1) is 5.41 Å². The van der Waals surface area contributed by atoms with E-state index in [0.29, 0.717) is 10.5 Å². The van der Waals surface area contributed by atoms with Crippen molar-refractivity contribution in [2.45, 2.75) is 57.4 Å². The molecule has 0 atom stereocenters. The first kappa shape index (κ1) is 19.5. The molecule has 136 valence electrons. The van der Waals surface area contributed by atoms with Gasteiger partial charge in [0.15, 0.2) is 5.12 Å². The van der Waals surface area contributed by atoms with Crippen LogP contribution in [-0.2, 0) is 9.59 Å². The van der Waals surface area contributed by atoms with Gasteiger partial charge in [-0.15, -0.1) is 0 Å². The van der Waals surface area contributed by atoms with Gasteiger partial charge in [0.2, 0.25) is 0 Å². The van der Waals surface area contributed by atoms with Crippen LogP contribution in [0.15, 0.2) is 29.2 Å². The monoisotopic (exact) mass is 363 g/mol. The summed E-state index contributed by atoms with van der Waals surface area (Å²) in [5.74, 6) is -1.32. The van der Waals surface area contributed by atoms with Crippen molar-refractivity contribution in [3.05, 3.63) is 29.8 Å². The smallest absolute Gasteiger partial charge is 0.323 e. The van der Waals surface area contributed by atoms with E-state index in [4.69, 9.17) is 0 Å². The van der Waals surface area contributed by atoms with Gasteiger partial charge in [-0.25, -0.2) is 0 Å². The third-order valence-electron chi connectivity index (χ3n) is 4.26. The summed E-state index contributed by atoms with van der Waals surface area (Å²) in [6, 6.07) is 6.90. The van der Waals surface area contributed by atoms with Gasteiger partial charge in [-0.3, -0.25) is 14.4 Å². The van der Waals surface area contributed by atoms with Crippen LogP contribution in [-0.4, -0.2) is 39.6 Å². The van der Waals surface area contributed by atoms with Crippen molar-refractivity contribution in [2.75, 3.05) is 6.54 Å². The Morgan fingerprint density at radius 3 is 2.32 bits per heavy atom. The fourth-order valence-corrected chi connectivity index (χ4v) is 3.79. The van der Waals surface area contributed by atoms with Crippen LogP contribution in [0.5, 0.6) is 0 Å². The Labute approximate surface area is 152 Å². The SMILES string of the molecule is CC(C)(C)C(=O)Sc1ccccc1C(=O)N(CC(=O)O)C1CCCC1. The van der Waals surface area contributed by atoms with Gasteiger partial charge in [0, 0.05) is 16.4 Å². The Hall–Kier alpha value is -1.82. The van der Waals surface area contributed by atoms with Crippen LogP contribution in [0.2, 0.25) is 0 Å². The molecule has 6 heteroatoms. The topological polar surface area (TPSA) is 74.7 Å². The lowest BCUT2D eigenvalue weighted by atomic mass is 10.00. The highest BCUT2D eigenvalue weighted by molar-refractivity contribution is 8.13. The predicted molar refractivity (Wildman–Crippen MR) is 97.7 cm³/mol. The summed E-state index contributed by atoms with van der Waals surface area (Å²) >= 11 is 1.05. The molecule has 2 rings (SSSR count). The molecule has 0 aliphatic heterocycles. The highest BCUT2D eigenvalue weighted by Gasteiger charge is 2.31. The highest BCUT2D eigenvalue weighted by Crippen LogP contribution is 2.33. The Morgan fingerprint density at radius 2 is 1.76 bits per heavy atom. The lowest BCUT2D eigenvalue weighted by Crippen LogP contribution is -2.42. The molecule has 1 saturated carbocycles. The number of carboxylic acid groups (broad SMARTS) is 1. The summed E-state index contributed by atoms with van der Waals surface area (Å²) in [7, 11) is 0. The zero-order valence-corrected chi connectivity index (χ0v) is 15.8. The van der Waals surface area contributed by atoms with Gasteiger partial charge >= 0.3 is 5.97 Å². The fraction of sp³-hybridized carbons (Fsp3) is 0.526. The molecule has 0 radical (unpaired) electrons. The van der Waals surface area contributed by atoms with Crippen molar-refractivity contribution in [2.24, 2.45) is 5.41 Å². The molecule has 1 amide bonds. The second-order valence-electron chi connectivity index (χ2n) is 7.40. The summed E-state index contributed by atoms with van der Waals surface area (Å²) < 4.78 is 0. The molecule has 0 aromatic heterocycles. The van der Waals surface area contributed by atoms with Gasteiger partial charge in [-0.1, -0.05) is 57.5 Å².